The fourth-order valence-electron chi connectivity index (χ4n) is 4.83. The monoisotopic (exact) mass is 514 g/mol. The second-order valence-electron chi connectivity index (χ2n) is 9.65. The summed E-state index contributed by atoms with van der Waals surface area (Å²) in [5, 5.41) is 4.30. The van der Waals surface area contributed by atoms with E-state index in [0.717, 1.165) is 42.8 Å². The summed E-state index contributed by atoms with van der Waals surface area (Å²) in [5.74, 6) is 0.605. The van der Waals surface area contributed by atoms with Crippen LogP contribution in [-0.2, 0) is 13.1 Å². The predicted molar refractivity (Wildman–Crippen MR) is 147 cm³/mol. The molecule has 190 valence electrons. The van der Waals surface area contributed by atoms with E-state index in [0.29, 0.717) is 18.7 Å². The van der Waals surface area contributed by atoms with Gasteiger partial charge >= 0.3 is 0 Å². The van der Waals surface area contributed by atoms with E-state index in [2.05, 4.69) is 40.9 Å². The number of ether oxygens (including phenoxy) is 1. The molecule has 1 aliphatic heterocycles. The lowest BCUT2D eigenvalue weighted by Gasteiger charge is -2.32. The van der Waals surface area contributed by atoms with Crippen LogP contribution in [0.15, 0.2) is 89.6 Å². The number of halogens is 1. The van der Waals surface area contributed by atoms with E-state index >= 15 is 0 Å². The fourth-order valence-corrected chi connectivity index (χ4v) is 5.49. The number of amides is 1. The largest absolute Gasteiger partial charge is 0.490 e. The zero-order valence-electron chi connectivity index (χ0n) is 21.0. The molecule has 5 rings (SSSR count). The molecular formula is C31H31FN2O2S. The van der Waals surface area contributed by atoms with Crippen LogP contribution in [0.1, 0.15) is 34.3 Å². The van der Waals surface area contributed by atoms with E-state index in [-0.39, 0.29) is 17.8 Å². The Labute approximate surface area is 221 Å². The molecule has 6 heteroatoms. The van der Waals surface area contributed by atoms with Crippen molar-refractivity contribution in [3.63, 3.8) is 0 Å². The molecule has 1 aromatic heterocycles. The van der Waals surface area contributed by atoms with Crippen LogP contribution in [-0.4, -0.2) is 41.9 Å². The molecule has 1 saturated heterocycles. The minimum absolute atomic E-state index is 0.00681. The smallest absolute Gasteiger partial charge is 0.253 e. The van der Waals surface area contributed by atoms with Gasteiger partial charge in [-0.25, -0.2) is 4.39 Å². The average Bonchev–Trinajstić information content (AvgIpc) is 3.42. The first-order valence-corrected chi connectivity index (χ1v) is 13.6. The van der Waals surface area contributed by atoms with Crippen LogP contribution in [0.5, 0.6) is 5.75 Å². The van der Waals surface area contributed by atoms with E-state index in [4.69, 9.17) is 4.74 Å². The summed E-state index contributed by atoms with van der Waals surface area (Å²) in [6.07, 6.45) is 1.66. The van der Waals surface area contributed by atoms with Gasteiger partial charge in [0.2, 0.25) is 0 Å². The lowest BCUT2D eigenvalue weighted by Crippen LogP contribution is -2.41. The Morgan fingerprint density at radius 2 is 1.68 bits per heavy atom. The molecule has 0 unspecified atom stereocenters. The molecule has 0 saturated carbocycles. The summed E-state index contributed by atoms with van der Waals surface area (Å²) in [6, 6.07) is 24.4. The van der Waals surface area contributed by atoms with E-state index in [1.54, 1.807) is 17.4 Å². The lowest BCUT2D eigenvalue weighted by atomic mass is 10.0. The van der Waals surface area contributed by atoms with Crippen molar-refractivity contribution in [1.29, 1.82) is 0 Å². The minimum Gasteiger partial charge on any atom is -0.490 e. The number of carbonyl (C=O) groups excluding carboxylic acids is 1. The number of benzene rings is 3. The summed E-state index contributed by atoms with van der Waals surface area (Å²) in [5.41, 5.74) is 4.79. The van der Waals surface area contributed by atoms with Crippen molar-refractivity contribution in [1.82, 2.24) is 9.80 Å². The molecule has 0 spiro atoms. The van der Waals surface area contributed by atoms with Crippen LogP contribution in [0.4, 0.5) is 4.39 Å². The van der Waals surface area contributed by atoms with Gasteiger partial charge in [0.15, 0.2) is 0 Å². The number of likely N-dealkylation sites (tertiary alicyclic amines) is 1. The molecule has 0 aliphatic carbocycles. The van der Waals surface area contributed by atoms with Gasteiger partial charge in [-0.1, -0.05) is 36.4 Å². The van der Waals surface area contributed by atoms with Gasteiger partial charge in [-0.05, 0) is 82.5 Å². The van der Waals surface area contributed by atoms with Crippen molar-refractivity contribution in [3.05, 3.63) is 112 Å². The summed E-state index contributed by atoms with van der Waals surface area (Å²) in [7, 11) is 2.13. The second-order valence-corrected chi connectivity index (χ2v) is 10.4. The van der Waals surface area contributed by atoms with Gasteiger partial charge in [-0.3, -0.25) is 9.69 Å². The number of nitrogens with zero attached hydrogens (tertiary/aromatic N) is 2. The third-order valence-corrected chi connectivity index (χ3v) is 7.42. The molecule has 4 nitrogen and oxygen atoms in total. The molecule has 1 amide bonds. The first kappa shape index (κ1) is 25.2. The van der Waals surface area contributed by atoms with Gasteiger partial charge in [-0.2, -0.15) is 11.3 Å². The highest BCUT2D eigenvalue weighted by molar-refractivity contribution is 7.07. The Balaban J connectivity index is 1.15. The second kappa shape index (κ2) is 11.7. The van der Waals surface area contributed by atoms with E-state index < -0.39 is 0 Å². The van der Waals surface area contributed by atoms with Crippen molar-refractivity contribution < 1.29 is 13.9 Å². The van der Waals surface area contributed by atoms with Gasteiger partial charge in [-0.15, -0.1) is 0 Å². The predicted octanol–water partition coefficient (Wildman–Crippen LogP) is 6.87. The molecule has 0 N–H and O–H groups in total. The Hall–Kier alpha value is -3.48. The van der Waals surface area contributed by atoms with Crippen LogP contribution >= 0.6 is 11.3 Å². The van der Waals surface area contributed by atoms with Crippen LogP contribution in [0, 0.1) is 5.82 Å². The Morgan fingerprint density at radius 3 is 2.43 bits per heavy atom. The number of thiophene rings is 1. The molecule has 37 heavy (non-hydrogen) atoms. The highest BCUT2D eigenvalue weighted by atomic mass is 32.1. The van der Waals surface area contributed by atoms with Crippen molar-refractivity contribution in [3.8, 4) is 16.9 Å². The maximum atomic E-state index is 13.7. The topological polar surface area (TPSA) is 32.8 Å². The van der Waals surface area contributed by atoms with Gasteiger partial charge in [0.05, 0.1) is 0 Å². The standard InChI is InChI=1S/C31H31FN2O2S/c1-33(21-24-13-16-37-22-24)20-23-5-2-10-30(17-23)36-29-11-14-34(15-12-29)31(35)27-8-3-6-25(18-27)26-7-4-9-28(32)19-26/h2-10,13,16-19,22,29H,11-12,14-15,20-21H2,1H3. The van der Waals surface area contributed by atoms with Crippen LogP contribution in [0.3, 0.4) is 0 Å². The lowest BCUT2D eigenvalue weighted by molar-refractivity contribution is 0.0595. The van der Waals surface area contributed by atoms with E-state index in [9.17, 15) is 9.18 Å². The molecule has 0 atom stereocenters. The maximum Gasteiger partial charge on any atom is 0.253 e. The summed E-state index contributed by atoms with van der Waals surface area (Å²) < 4.78 is 20.0. The first-order valence-electron chi connectivity index (χ1n) is 12.6. The molecule has 2 heterocycles. The summed E-state index contributed by atoms with van der Waals surface area (Å²) in [6.45, 7) is 3.08. The van der Waals surface area contributed by atoms with Crippen molar-refractivity contribution in [2.24, 2.45) is 0 Å². The Kier molecular flexibility index (Phi) is 7.97. The van der Waals surface area contributed by atoms with Gasteiger partial charge in [0, 0.05) is 44.6 Å². The molecule has 0 bridgehead atoms. The van der Waals surface area contributed by atoms with Gasteiger partial charge in [0.25, 0.3) is 5.91 Å². The zero-order chi connectivity index (χ0) is 25.6. The number of piperidine rings is 1. The Morgan fingerprint density at radius 1 is 0.946 bits per heavy atom. The molecular weight excluding hydrogens is 483 g/mol. The minimum atomic E-state index is -0.285. The number of carbonyl (C=O) groups is 1. The summed E-state index contributed by atoms with van der Waals surface area (Å²) in [4.78, 5) is 17.4. The quantitative estimate of drug-likeness (QED) is 0.257. The normalized spacial score (nSPS) is 14.2. The SMILES string of the molecule is CN(Cc1ccsc1)Cc1cccc(OC2CCN(C(=O)c3cccc(-c4cccc(F)c4)c3)CC2)c1. The maximum absolute atomic E-state index is 13.7. The van der Waals surface area contributed by atoms with Crippen LogP contribution in [0.2, 0.25) is 0 Å². The molecule has 4 aromatic rings. The van der Waals surface area contributed by atoms with Gasteiger partial charge in [0.1, 0.15) is 17.7 Å². The number of hydrogen-bond donors (Lipinski definition) is 0. The van der Waals surface area contributed by atoms with E-state index in [1.165, 1.54) is 23.3 Å². The molecule has 1 fully saturated rings. The number of hydrogen-bond acceptors (Lipinski definition) is 4. The molecule has 1 aliphatic rings. The third-order valence-electron chi connectivity index (χ3n) is 6.68. The highest BCUT2D eigenvalue weighted by Gasteiger charge is 2.25. The first-order chi connectivity index (χ1) is 18.0. The van der Waals surface area contributed by atoms with Crippen molar-refractivity contribution in [2.45, 2.75) is 32.0 Å². The Bertz CT molecular complexity index is 1330. The highest BCUT2D eigenvalue weighted by Crippen LogP contribution is 2.25. The third kappa shape index (κ3) is 6.64. The zero-order valence-corrected chi connectivity index (χ0v) is 21.8. The fraction of sp³-hybridized carbons (Fsp3) is 0.258. The van der Waals surface area contributed by atoms with Gasteiger partial charge < -0.3 is 9.64 Å². The summed E-state index contributed by atoms with van der Waals surface area (Å²) >= 11 is 1.73. The molecule has 3 aromatic carbocycles. The van der Waals surface area contributed by atoms with E-state index in [1.807, 2.05) is 47.4 Å². The van der Waals surface area contributed by atoms with Crippen LogP contribution in [0.25, 0.3) is 11.1 Å². The molecule has 0 radical (unpaired) electrons. The van der Waals surface area contributed by atoms with Crippen molar-refractivity contribution in [2.75, 3.05) is 20.1 Å². The average molecular weight is 515 g/mol. The number of rotatable bonds is 8. The van der Waals surface area contributed by atoms with Crippen LogP contribution < -0.4 is 4.74 Å². The van der Waals surface area contributed by atoms with Crippen molar-refractivity contribution >= 4 is 17.2 Å².